The fourth-order valence-corrected chi connectivity index (χ4v) is 11.0. The van der Waals surface area contributed by atoms with Crippen molar-refractivity contribution >= 4 is 11.6 Å². The van der Waals surface area contributed by atoms with Crippen LogP contribution in [0.1, 0.15) is 113 Å². The topological polar surface area (TPSA) is 34.1 Å². The van der Waals surface area contributed by atoms with Gasteiger partial charge in [-0.05, 0) is 117 Å². The zero-order valence-corrected chi connectivity index (χ0v) is 21.8. The summed E-state index contributed by atoms with van der Waals surface area (Å²) in [5, 5.41) is 0. The van der Waals surface area contributed by atoms with E-state index in [-0.39, 0.29) is 5.41 Å². The largest absolute Gasteiger partial charge is 0.299 e. The van der Waals surface area contributed by atoms with Gasteiger partial charge in [-0.25, -0.2) is 0 Å². The van der Waals surface area contributed by atoms with Crippen LogP contribution in [0.15, 0.2) is 11.6 Å². The van der Waals surface area contributed by atoms with Crippen molar-refractivity contribution in [2.45, 2.75) is 113 Å². The summed E-state index contributed by atoms with van der Waals surface area (Å²) in [7, 11) is 0. The van der Waals surface area contributed by atoms with Gasteiger partial charge in [-0.3, -0.25) is 9.59 Å². The molecule has 178 valence electrons. The van der Waals surface area contributed by atoms with Gasteiger partial charge in [-0.1, -0.05) is 40.2 Å². The molecule has 5 saturated carbocycles. The van der Waals surface area contributed by atoms with E-state index in [1.54, 1.807) is 0 Å². The Morgan fingerprint density at radius 1 is 0.938 bits per heavy atom. The Labute approximate surface area is 196 Å². The Hall–Kier alpha value is -0.920. The molecule has 2 spiro atoms. The zero-order valence-electron chi connectivity index (χ0n) is 21.8. The van der Waals surface area contributed by atoms with Crippen LogP contribution in [0.4, 0.5) is 0 Å². The molecule has 0 amide bonds. The number of rotatable bonds is 4. The molecule has 2 heteroatoms. The van der Waals surface area contributed by atoms with Crippen LogP contribution in [0, 0.1) is 50.7 Å². The van der Waals surface area contributed by atoms with Crippen LogP contribution in [-0.2, 0) is 9.59 Å². The maximum atomic E-state index is 12.8. The lowest BCUT2D eigenvalue weighted by molar-refractivity contribution is -0.157. The number of hydrogen-bond acceptors (Lipinski definition) is 2. The van der Waals surface area contributed by atoms with Crippen LogP contribution in [0.25, 0.3) is 0 Å². The van der Waals surface area contributed by atoms with E-state index in [9.17, 15) is 9.59 Å². The van der Waals surface area contributed by atoms with Crippen molar-refractivity contribution in [1.82, 2.24) is 0 Å². The molecule has 5 aliphatic rings. The quantitative estimate of drug-likeness (QED) is 0.424. The smallest absolute Gasteiger partial charge is 0.155 e. The first-order valence-electron chi connectivity index (χ1n) is 13.6. The van der Waals surface area contributed by atoms with Crippen LogP contribution in [-0.4, -0.2) is 11.6 Å². The fraction of sp³-hybridized carbons (Fsp3) is 0.867. The monoisotopic (exact) mass is 438 g/mol. The molecule has 5 fully saturated rings. The Morgan fingerprint density at radius 3 is 2.28 bits per heavy atom. The summed E-state index contributed by atoms with van der Waals surface area (Å²) in [5.74, 6) is 3.40. The highest BCUT2D eigenvalue weighted by molar-refractivity contribution is 5.90. The third-order valence-electron chi connectivity index (χ3n) is 12.6. The summed E-state index contributed by atoms with van der Waals surface area (Å²) in [6.07, 6.45) is 13.9. The summed E-state index contributed by atoms with van der Waals surface area (Å²) in [4.78, 5) is 25.4. The minimum atomic E-state index is -0.119. The number of fused-ring (bicyclic) bond motifs is 2. The van der Waals surface area contributed by atoms with E-state index in [1.807, 2.05) is 19.9 Å². The number of allylic oxidation sites excluding steroid dienone is 2. The molecule has 2 nitrogen and oxygen atoms in total. The zero-order chi connectivity index (χ0) is 23.3. The van der Waals surface area contributed by atoms with E-state index in [1.165, 1.54) is 51.4 Å². The minimum absolute atomic E-state index is 0.119. The second-order valence-corrected chi connectivity index (χ2v) is 14.2. The second kappa shape index (κ2) is 6.82. The van der Waals surface area contributed by atoms with E-state index in [0.29, 0.717) is 57.4 Å². The summed E-state index contributed by atoms with van der Waals surface area (Å²) < 4.78 is 0. The predicted octanol–water partition coefficient (Wildman–Crippen LogP) is 7.56. The predicted molar refractivity (Wildman–Crippen MR) is 130 cm³/mol. The first-order valence-corrected chi connectivity index (χ1v) is 13.6. The van der Waals surface area contributed by atoms with Gasteiger partial charge in [0, 0.05) is 18.3 Å². The molecule has 0 aliphatic heterocycles. The molecule has 32 heavy (non-hydrogen) atoms. The summed E-state index contributed by atoms with van der Waals surface area (Å²) in [6, 6.07) is 0. The van der Waals surface area contributed by atoms with Gasteiger partial charge < -0.3 is 0 Å². The molecule has 8 atom stereocenters. The fourth-order valence-electron chi connectivity index (χ4n) is 11.0. The van der Waals surface area contributed by atoms with Crippen LogP contribution >= 0.6 is 0 Å². The van der Waals surface area contributed by atoms with Crippen molar-refractivity contribution < 1.29 is 9.59 Å². The Kier molecular flexibility index (Phi) is 4.87. The van der Waals surface area contributed by atoms with Gasteiger partial charge in [-0.15, -0.1) is 0 Å². The first kappa shape index (κ1) is 22.9. The van der Waals surface area contributed by atoms with Crippen molar-refractivity contribution in [2.24, 2.45) is 50.7 Å². The van der Waals surface area contributed by atoms with E-state index >= 15 is 0 Å². The van der Waals surface area contributed by atoms with E-state index < -0.39 is 0 Å². The molecule has 5 rings (SSSR count). The lowest BCUT2D eigenvalue weighted by Crippen LogP contribution is -2.57. The van der Waals surface area contributed by atoms with Crippen LogP contribution in [0.2, 0.25) is 0 Å². The highest BCUT2D eigenvalue weighted by Crippen LogP contribution is 2.88. The SMILES string of the molecule is CC(C)=CC(=O)C[C@@H](C)[C@H]1CC[C@@]2(C)[C@@H]3CC[C@H]4C(C)(C)C(=O)CC[C@@]45C[C@@]35CC[C@]12C. The molecule has 0 unspecified atom stereocenters. The third-order valence-corrected chi connectivity index (χ3v) is 12.6. The lowest BCUT2D eigenvalue weighted by atomic mass is 9.42. The number of carbonyl (C=O) groups excluding carboxylic acids is 2. The van der Waals surface area contributed by atoms with E-state index in [0.717, 1.165) is 17.9 Å². The molecule has 0 aromatic carbocycles. The van der Waals surface area contributed by atoms with Gasteiger partial charge in [0.1, 0.15) is 5.78 Å². The van der Waals surface area contributed by atoms with Gasteiger partial charge in [0.25, 0.3) is 0 Å². The van der Waals surface area contributed by atoms with Gasteiger partial charge in [0.05, 0.1) is 0 Å². The molecule has 0 radical (unpaired) electrons. The van der Waals surface area contributed by atoms with Gasteiger partial charge in [0.15, 0.2) is 5.78 Å². The van der Waals surface area contributed by atoms with Crippen LogP contribution in [0.5, 0.6) is 0 Å². The minimum Gasteiger partial charge on any atom is -0.299 e. The molecule has 0 N–H and O–H groups in total. The number of hydrogen-bond donors (Lipinski definition) is 0. The van der Waals surface area contributed by atoms with Gasteiger partial charge in [0.2, 0.25) is 0 Å². The molecule has 0 heterocycles. The third kappa shape index (κ3) is 2.65. The Balaban J connectivity index is 1.42. The molecule has 0 saturated heterocycles. The Bertz CT molecular complexity index is 877. The maximum absolute atomic E-state index is 12.8. The molecule has 0 aromatic heterocycles. The van der Waals surface area contributed by atoms with E-state index in [2.05, 4.69) is 34.6 Å². The first-order chi connectivity index (χ1) is 14.8. The number of carbonyl (C=O) groups is 2. The highest BCUT2D eigenvalue weighted by atomic mass is 16.1. The van der Waals surface area contributed by atoms with Crippen molar-refractivity contribution in [2.75, 3.05) is 0 Å². The van der Waals surface area contributed by atoms with Gasteiger partial charge in [-0.2, -0.15) is 0 Å². The van der Waals surface area contributed by atoms with Crippen LogP contribution in [0.3, 0.4) is 0 Å². The normalized spacial score (nSPS) is 49.2. The van der Waals surface area contributed by atoms with Crippen LogP contribution < -0.4 is 0 Å². The molecule has 0 bridgehead atoms. The highest BCUT2D eigenvalue weighted by Gasteiger charge is 2.82. The average molecular weight is 439 g/mol. The summed E-state index contributed by atoms with van der Waals surface area (Å²) >= 11 is 0. The lowest BCUT2D eigenvalue weighted by Gasteiger charge is -2.62. The summed E-state index contributed by atoms with van der Waals surface area (Å²) in [6.45, 7) is 16.2. The number of ketones is 2. The van der Waals surface area contributed by atoms with Crippen molar-refractivity contribution in [3.8, 4) is 0 Å². The average Bonchev–Trinajstić information content (AvgIpc) is 3.27. The Morgan fingerprint density at radius 2 is 1.59 bits per heavy atom. The van der Waals surface area contributed by atoms with Crippen molar-refractivity contribution in [3.63, 3.8) is 0 Å². The number of Topliss-reactive ketones (excluding diaryl/α,β-unsaturated/α-hetero) is 1. The molecule has 5 aliphatic carbocycles. The van der Waals surface area contributed by atoms with Gasteiger partial charge >= 0.3 is 0 Å². The molecular weight excluding hydrogens is 392 g/mol. The van der Waals surface area contributed by atoms with Crippen molar-refractivity contribution in [3.05, 3.63) is 11.6 Å². The standard InChI is InChI=1S/C30H46O2/c1-19(2)16-21(31)17-20(3)22-10-12-28(7)24-9-8-23-26(4,5)25(32)11-13-29(23)18-30(24,29)15-14-27(22,28)6/h16,20,22-24H,8-15,17-18H2,1-7H3/t20-,22-,23+,24+,27-,28+,29-,30+/m1/s1. The maximum Gasteiger partial charge on any atom is 0.155 e. The second-order valence-electron chi connectivity index (χ2n) is 14.2. The summed E-state index contributed by atoms with van der Waals surface area (Å²) in [5.41, 5.74) is 2.72. The molecule has 0 aromatic rings. The van der Waals surface area contributed by atoms with E-state index in [4.69, 9.17) is 0 Å². The molecular formula is C30H46O2. The van der Waals surface area contributed by atoms with Crippen molar-refractivity contribution in [1.29, 1.82) is 0 Å².